The Balaban J connectivity index is 1.53. The molecule has 0 unspecified atom stereocenters. The number of carboxylic acids is 1. The molecule has 0 amide bonds. The van der Waals surface area contributed by atoms with Gasteiger partial charge in [-0.1, -0.05) is 109 Å². The Morgan fingerprint density at radius 3 is 1.88 bits per heavy atom. The normalized spacial score (nSPS) is 12.9. The van der Waals surface area contributed by atoms with Gasteiger partial charge in [-0.05, 0) is 37.9 Å². The monoisotopic (exact) mass is 571 g/mol. The van der Waals surface area contributed by atoms with Crippen molar-refractivity contribution >= 4 is 52.2 Å². The Bertz CT molecular complexity index is 1720. The van der Waals surface area contributed by atoms with Crippen LogP contribution in [-0.4, -0.2) is 32.4 Å². The van der Waals surface area contributed by atoms with Crippen molar-refractivity contribution in [2.45, 2.75) is 0 Å². The van der Waals surface area contributed by atoms with Gasteiger partial charge < -0.3 is 14.6 Å². The van der Waals surface area contributed by atoms with Crippen LogP contribution >= 0.6 is 11.3 Å². The molecule has 200 valence electrons. The van der Waals surface area contributed by atoms with E-state index in [9.17, 15) is 15.2 Å². The molecular weight excluding hydrogens is 547 g/mol. The second-order valence-electron chi connectivity index (χ2n) is 9.61. The first-order valence-corrected chi connectivity index (χ1v) is 16.0. The quantitative estimate of drug-likeness (QED) is 0.134. The molecule has 0 saturated carbocycles. The van der Waals surface area contributed by atoms with E-state index in [-0.39, 0.29) is 5.57 Å². The Morgan fingerprint density at radius 1 is 0.780 bits per heavy atom. The number of aliphatic carboxylic acids is 1. The van der Waals surface area contributed by atoms with Crippen LogP contribution in [0.1, 0.15) is 5.56 Å². The molecule has 41 heavy (non-hydrogen) atoms. The molecule has 1 N–H and O–H groups in total. The van der Waals surface area contributed by atoms with Gasteiger partial charge in [-0.2, -0.15) is 5.26 Å². The van der Waals surface area contributed by atoms with E-state index in [1.165, 1.54) is 21.6 Å². The van der Waals surface area contributed by atoms with Crippen LogP contribution in [-0.2, 0) is 4.79 Å². The number of thiophene rings is 1. The van der Waals surface area contributed by atoms with Gasteiger partial charge in [0.2, 0.25) is 0 Å². The molecule has 5 aromatic rings. The first-order chi connectivity index (χ1) is 20.1. The van der Waals surface area contributed by atoms with Gasteiger partial charge in [0.1, 0.15) is 24.9 Å². The van der Waals surface area contributed by atoms with E-state index in [4.69, 9.17) is 9.47 Å². The lowest BCUT2D eigenvalue weighted by atomic mass is 10.1. The molecule has 1 aromatic heterocycles. The zero-order valence-electron chi connectivity index (χ0n) is 22.0. The SMILES string of the molecule is N#C/C(=C/c1ccc([Si](c2ccccc2)(c2ccccc2)c2ccc(-c3scc4c3OCCO4)cc2)cc1)C(=O)O. The molecule has 4 aromatic carbocycles. The van der Waals surface area contributed by atoms with Crippen LogP contribution in [0.15, 0.2) is 120 Å². The van der Waals surface area contributed by atoms with Crippen LogP contribution in [0, 0.1) is 11.3 Å². The second kappa shape index (κ2) is 11.3. The predicted molar refractivity (Wildman–Crippen MR) is 166 cm³/mol. The summed E-state index contributed by atoms with van der Waals surface area (Å²) in [6.45, 7) is 1.10. The van der Waals surface area contributed by atoms with Crippen LogP contribution in [0.4, 0.5) is 0 Å². The molecule has 6 rings (SSSR count). The maximum atomic E-state index is 11.4. The first kappa shape index (κ1) is 26.3. The number of fused-ring (bicyclic) bond motifs is 1. The summed E-state index contributed by atoms with van der Waals surface area (Å²) in [6.07, 6.45) is 1.41. The zero-order chi connectivity index (χ0) is 28.2. The van der Waals surface area contributed by atoms with E-state index >= 15 is 0 Å². The number of carbonyl (C=O) groups is 1. The van der Waals surface area contributed by atoms with Crippen LogP contribution in [0.5, 0.6) is 11.5 Å². The molecular formula is C34H25NO4SSi. The summed E-state index contributed by atoms with van der Waals surface area (Å²) in [7, 11) is -2.78. The number of hydrogen-bond acceptors (Lipinski definition) is 5. The second-order valence-corrected chi connectivity index (χ2v) is 14.3. The van der Waals surface area contributed by atoms with Crippen molar-refractivity contribution < 1.29 is 19.4 Å². The molecule has 0 fully saturated rings. The van der Waals surface area contributed by atoms with Gasteiger partial charge in [0.05, 0.1) is 4.88 Å². The minimum absolute atomic E-state index is 0.298. The van der Waals surface area contributed by atoms with Crippen LogP contribution in [0.2, 0.25) is 0 Å². The predicted octanol–water partition coefficient (Wildman–Crippen LogP) is 4.56. The lowest BCUT2D eigenvalue weighted by molar-refractivity contribution is -0.132. The molecule has 0 bridgehead atoms. The molecule has 1 aliphatic heterocycles. The van der Waals surface area contributed by atoms with Gasteiger partial charge >= 0.3 is 5.97 Å². The summed E-state index contributed by atoms with van der Waals surface area (Å²) < 4.78 is 11.7. The summed E-state index contributed by atoms with van der Waals surface area (Å²) in [5.41, 5.74) is 1.44. The highest BCUT2D eigenvalue weighted by Gasteiger charge is 2.41. The van der Waals surface area contributed by atoms with Crippen molar-refractivity contribution in [3.8, 4) is 28.0 Å². The lowest BCUT2D eigenvalue weighted by Gasteiger charge is -2.34. The largest absolute Gasteiger partial charge is 0.485 e. The van der Waals surface area contributed by atoms with Crippen LogP contribution < -0.4 is 30.2 Å². The highest BCUT2D eigenvalue weighted by molar-refractivity contribution is 7.20. The van der Waals surface area contributed by atoms with Crippen molar-refractivity contribution in [2.24, 2.45) is 0 Å². The molecule has 5 nitrogen and oxygen atoms in total. The number of rotatable bonds is 7. The maximum Gasteiger partial charge on any atom is 0.346 e. The molecule has 0 spiro atoms. The van der Waals surface area contributed by atoms with E-state index in [1.807, 2.05) is 29.6 Å². The van der Waals surface area contributed by atoms with Crippen molar-refractivity contribution in [3.05, 3.63) is 126 Å². The Morgan fingerprint density at radius 2 is 1.32 bits per heavy atom. The third kappa shape index (κ3) is 4.84. The van der Waals surface area contributed by atoms with Gasteiger partial charge in [-0.15, -0.1) is 11.3 Å². The Kier molecular flexibility index (Phi) is 7.25. The van der Waals surface area contributed by atoms with Gasteiger partial charge in [-0.3, -0.25) is 0 Å². The van der Waals surface area contributed by atoms with Crippen molar-refractivity contribution in [1.29, 1.82) is 5.26 Å². The number of nitrogens with zero attached hydrogens (tertiary/aromatic N) is 1. The summed E-state index contributed by atoms with van der Waals surface area (Å²) >= 11 is 1.62. The van der Waals surface area contributed by atoms with Gasteiger partial charge in [0, 0.05) is 5.38 Å². The smallest absolute Gasteiger partial charge is 0.346 e. The Hall–Kier alpha value is -4.90. The average Bonchev–Trinajstić information content (AvgIpc) is 3.46. The molecule has 2 heterocycles. The van der Waals surface area contributed by atoms with Crippen LogP contribution in [0.25, 0.3) is 16.5 Å². The lowest BCUT2D eigenvalue weighted by Crippen LogP contribution is -2.74. The van der Waals surface area contributed by atoms with E-state index in [0.717, 1.165) is 27.1 Å². The summed E-state index contributed by atoms with van der Waals surface area (Å²) in [4.78, 5) is 12.5. The fourth-order valence-electron chi connectivity index (χ4n) is 5.45. The van der Waals surface area contributed by atoms with Crippen molar-refractivity contribution in [2.75, 3.05) is 13.2 Å². The first-order valence-electron chi connectivity index (χ1n) is 13.2. The standard InChI is InChI=1S/C34H25NO4SSi/c35-22-26(34(36)37)21-24-11-15-29(16-12-24)41(27-7-3-1-4-8-27,28-9-5-2-6-10-28)30-17-13-25(14-18-30)33-32-31(23-40-33)38-19-20-39-32/h1-18,21,23H,19-20H2,(H,36,37)/b26-21-. The number of nitriles is 1. The van der Waals surface area contributed by atoms with E-state index in [0.29, 0.717) is 18.8 Å². The average molecular weight is 572 g/mol. The van der Waals surface area contributed by atoms with Crippen molar-refractivity contribution in [3.63, 3.8) is 0 Å². The summed E-state index contributed by atoms with van der Waals surface area (Å²) in [5.74, 6) is 0.373. The maximum absolute atomic E-state index is 11.4. The van der Waals surface area contributed by atoms with Gasteiger partial charge in [0.25, 0.3) is 0 Å². The minimum Gasteiger partial charge on any atom is -0.485 e. The molecule has 0 radical (unpaired) electrons. The molecule has 0 saturated heterocycles. The van der Waals surface area contributed by atoms with E-state index in [2.05, 4.69) is 84.9 Å². The zero-order valence-corrected chi connectivity index (χ0v) is 23.8. The summed E-state index contributed by atoms with van der Waals surface area (Å²) in [5, 5.41) is 25.4. The summed E-state index contributed by atoms with van der Waals surface area (Å²) in [6, 6.07) is 39.6. The number of benzene rings is 4. The molecule has 1 aliphatic rings. The number of carboxylic acid groups (broad SMARTS) is 1. The topological polar surface area (TPSA) is 79.5 Å². The molecule has 0 atom stereocenters. The third-order valence-electron chi connectivity index (χ3n) is 7.30. The molecule has 7 heteroatoms. The number of ether oxygens (including phenoxy) is 2. The highest BCUT2D eigenvalue weighted by atomic mass is 32.1. The Labute approximate surface area is 243 Å². The third-order valence-corrected chi connectivity index (χ3v) is 13.1. The van der Waals surface area contributed by atoms with Gasteiger partial charge in [0.15, 0.2) is 19.6 Å². The number of hydrogen-bond donors (Lipinski definition) is 1. The fraction of sp³-hybridized carbons (Fsp3) is 0.0588. The van der Waals surface area contributed by atoms with Crippen LogP contribution in [0.3, 0.4) is 0 Å². The fourth-order valence-corrected chi connectivity index (χ4v) is 11.1. The highest BCUT2D eigenvalue weighted by Crippen LogP contribution is 2.45. The molecule has 0 aliphatic carbocycles. The minimum atomic E-state index is -2.78. The van der Waals surface area contributed by atoms with E-state index in [1.54, 1.807) is 17.4 Å². The van der Waals surface area contributed by atoms with Crippen molar-refractivity contribution in [1.82, 2.24) is 0 Å². The van der Waals surface area contributed by atoms with Gasteiger partial charge in [-0.25, -0.2) is 4.79 Å². The van der Waals surface area contributed by atoms with E-state index < -0.39 is 14.0 Å².